The quantitative estimate of drug-likeness (QED) is 0.0485. The summed E-state index contributed by atoms with van der Waals surface area (Å²) in [6.07, 6.45) is 0. The molecule has 15 nitrogen and oxygen atoms in total. The van der Waals surface area contributed by atoms with Gasteiger partial charge >= 0.3 is 47.8 Å². The van der Waals surface area contributed by atoms with Crippen molar-refractivity contribution in [3.63, 3.8) is 0 Å². The number of benzene rings is 4. The van der Waals surface area contributed by atoms with Crippen LogP contribution in [0.15, 0.2) is 0 Å². The van der Waals surface area contributed by atoms with Crippen LogP contribution in [0.25, 0.3) is 21.5 Å². The Bertz CT molecular complexity index is 2270. The molecule has 51 heavy (non-hydrogen) atoms. The Balaban J connectivity index is 2.27. The van der Waals surface area contributed by atoms with Crippen molar-refractivity contribution >= 4 is 69.3 Å². The zero-order valence-electron chi connectivity index (χ0n) is 23.4. The van der Waals surface area contributed by atoms with Crippen molar-refractivity contribution in [1.29, 1.82) is 0 Å². The largest absolute Gasteiger partial charge is 0.478 e. The van der Waals surface area contributed by atoms with E-state index in [1.54, 1.807) is 0 Å². The van der Waals surface area contributed by atoms with Crippen LogP contribution in [0.2, 0.25) is 0 Å². The molecule has 4 aromatic carbocycles. The van der Waals surface area contributed by atoms with E-state index in [1.165, 1.54) is 0 Å². The molecule has 0 aliphatic heterocycles. The van der Waals surface area contributed by atoms with Crippen molar-refractivity contribution in [2.24, 2.45) is 0 Å². The lowest BCUT2D eigenvalue weighted by Gasteiger charge is -2.19. The molecule has 0 aliphatic carbocycles. The highest BCUT2D eigenvalue weighted by Crippen LogP contribution is 2.40. The van der Waals surface area contributed by atoms with Crippen LogP contribution in [0.4, 0.5) is 35.1 Å². The first-order chi connectivity index (χ1) is 23.5. The van der Waals surface area contributed by atoms with Crippen molar-refractivity contribution in [3.05, 3.63) is 91.0 Å². The number of ether oxygens (including phenoxy) is 1. The van der Waals surface area contributed by atoms with Crippen LogP contribution in [0.3, 0.4) is 0 Å². The van der Waals surface area contributed by atoms with Gasteiger partial charge in [0.05, 0.1) is 44.5 Å². The van der Waals surface area contributed by atoms with E-state index in [2.05, 4.69) is 4.74 Å². The molecule has 0 aromatic heterocycles. The molecule has 0 atom stereocenters. The molecular weight excluding hydrogens is 728 g/mol. The van der Waals surface area contributed by atoms with Gasteiger partial charge in [-0.1, -0.05) is 0 Å². The minimum absolute atomic E-state index is 2.14. The van der Waals surface area contributed by atoms with Crippen LogP contribution >= 0.6 is 0 Å². The Hall–Kier alpha value is -7.20. The van der Waals surface area contributed by atoms with Gasteiger partial charge in [0.15, 0.2) is 46.5 Å². The van der Waals surface area contributed by atoms with Crippen molar-refractivity contribution in [2.75, 3.05) is 0 Å². The summed E-state index contributed by atoms with van der Waals surface area (Å²) in [4.78, 5) is 98.9. The second-order valence-electron chi connectivity index (χ2n) is 9.52. The summed E-state index contributed by atoms with van der Waals surface area (Å²) in [5.74, 6) is -45.1. The van der Waals surface area contributed by atoms with Crippen LogP contribution in [0, 0.1) is 46.5 Å². The maximum absolute atomic E-state index is 15.2. The number of carbonyl (C=O) groups excluding carboxylic acids is 2. The summed E-state index contributed by atoms with van der Waals surface area (Å²) in [5, 5.41) is 48.7. The molecule has 0 saturated heterocycles. The van der Waals surface area contributed by atoms with Crippen LogP contribution in [-0.2, 0) is 4.74 Å². The Morgan fingerprint density at radius 1 is 0.294 bits per heavy atom. The maximum Gasteiger partial charge on any atom is 0.347 e. The minimum atomic E-state index is -2.93. The standard InChI is InChI=1S/C28H6F8O15/c29-13-1-3(15(31)19(35)17(13)33)11(9(25(45)46)7(23(41)42)5(1)21(37)38)27(49)51-28(50)12-4-2(14(30)18(34)20(36)16(4)32)6(22(39)40)8(24(43)44)10(12)26(47)48/h(H,37,38)(H,39,40)(H,41,42)(H,43,44)(H,45,46)(H,47,48). The van der Waals surface area contributed by atoms with E-state index in [1.807, 2.05) is 0 Å². The molecule has 264 valence electrons. The molecule has 0 spiro atoms. The van der Waals surface area contributed by atoms with Crippen molar-refractivity contribution in [1.82, 2.24) is 0 Å². The number of aromatic carboxylic acids is 6. The Labute approximate surface area is 269 Å². The molecule has 4 aromatic rings. The van der Waals surface area contributed by atoms with E-state index in [0.717, 1.165) is 0 Å². The van der Waals surface area contributed by atoms with Crippen LogP contribution in [0.5, 0.6) is 0 Å². The fraction of sp³-hybridized carbons (Fsp3) is 0. The number of carboxylic acids is 6. The van der Waals surface area contributed by atoms with E-state index in [9.17, 15) is 95.3 Å². The Kier molecular flexibility index (Phi) is 8.87. The summed E-state index contributed by atoms with van der Waals surface area (Å²) < 4.78 is 122. The lowest BCUT2D eigenvalue weighted by Crippen LogP contribution is -2.26. The van der Waals surface area contributed by atoms with Gasteiger partial charge in [-0.15, -0.1) is 0 Å². The predicted molar refractivity (Wildman–Crippen MR) is 139 cm³/mol. The summed E-state index contributed by atoms with van der Waals surface area (Å²) in [6.45, 7) is 0. The monoisotopic (exact) mass is 734 g/mol. The van der Waals surface area contributed by atoms with Gasteiger partial charge in [-0.25, -0.2) is 73.5 Å². The molecule has 4 rings (SSSR count). The lowest BCUT2D eigenvalue weighted by atomic mass is 9.87. The predicted octanol–water partition coefficient (Wildman–Crippen LogP) is 4.29. The number of hydrogen-bond donors (Lipinski definition) is 6. The summed E-state index contributed by atoms with van der Waals surface area (Å²) in [5.41, 5.74) is -18.0. The van der Waals surface area contributed by atoms with Gasteiger partial charge in [-0.05, 0) is 0 Å². The van der Waals surface area contributed by atoms with Gasteiger partial charge in [-0.3, -0.25) is 0 Å². The highest BCUT2D eigenvalue weighted by Gasteiger charge is 2.42. The van der Waals surface area contributed by atoms with Gasteiger partial charge < -0.3 is 35.4 Å². The van der Waals surface area contributed by atoms with Crippen LogP contribution < -0.4 is 0 Å². The van der Waals surface area contributed by atoms with Crippen LogP contribution in [-0.4, -0.2) is 78.4 Å². The second kappa shape index (κ2) is 12.4. The minimum Gasteiger partial charge on any atom is -0.478 e. The smallest absolute Gasteiger partial charge is 0.347 e. The molecule has 0 heterocycles. The van der Waals surface area contributed by atoms with E-state index in [0.29, 0.717) is 0 Å². The average Bonchev–Trinajstić information content (AvgIpc) is 3.04. The number of rotatable bonds is 8. The molecule has 0 amide bonds. The van der Waals surface area contributed by atoms with Crippen molar-refractivity contribution in [2.45, 2.75) is 0 Å². The number of fused-ring (bicyclic) bond motifs is 2. The highest BCUT2D eigenvalue weighted by molar-refractivity contribution is 6.27. The normalized spacial score (nSPS) is 11.1. The number of carbonyl (C=O) groups is 8. The molecule has 0 saturated carbocycles. The zero-order valence-corrected chi connectivity index (χ0v) is 23.4. The third-order valence-electron chi connectivity index (χ3n) is 6.91. The number of hydrogen-bond acceptors (Lipinski definition) is 9. The molecule has 6 N–H and O–H groups in total. The first kappa shape index (κ1) is 36.6. The highest BCUT2D eigenvalue weighted by atomic mass is 19.2. The number of halogens is 8. The third-order valence-corrected chi connectivity index (χ3v) is 6.91. The molecule has 0 radical (unpaired) electrons. The Morgan fingerprint density at radius 2 is 0.471 bits per heavy atom. The SMILES string of the molecule is O=C(O)c1c(C(=O)O)c(C(=O)OC(=O)c2c(C(=O)O)c(C(=O)O)c(C(=O)O)c3c(F)c(F)c(F)c(F)c23)c2c(F)c(F)c(F)c(F)c2c1C(=O)O. The molecule has 0 aliphatic rings. The van der Waals surface area contributed by atoms with Crippen LogP contribution in [0.1, 0.15) is 82.9 Å². The van der Waals surface area contributed by atoms with Crippen molar-refractivity contribution in [3.8, 4) is 0 Å². The fourth-order valence-electron chi connectivity index (χ4n) is 5.08. The van der Waals surface area contributed by atoms with Crippen molar-refractivity contribution < 1.29 is 109 Å². The summed E-state index contributed by atoms with van der Waals surface area (Å²) in [7, 11) is 0. The topological polar surface area (TPSA) is 267 Å². The molecule has 0 bridgehead atoms. The number of esters is 2. The van der Waals surface area contributed by atoms with E-state index in [4.69, 9.17) is 0 Å². The van der Waals surface area contributed by atoms with Gasteiger partial charge in [0.2, 0.25) is 0 Å². The molecule has 0 fully saturated rings. The molecule has 0 unspecified atom stereocenters. The lowest BCUT2D eigenvalue weighted by molar-refractivity contribution is 0.0387. The Morgan fingerprint density at radius 3 is 0.667 bits per heavy atom. The molecular formula is C28H6F8O15. The third kappa shape index (κ3) is 5.22. The van der Waals surface area contributed by atoms with Gasteiger partial charge in [-0.2, -0.15) is 0 Å². The average molecular weight is 734 g/mol. The van der Waals surface area contributed by atoms with Gasteiger partial charge in [0, 0.05) is 21.5 Å². The van der Waals surface area contributed by atoms with Gasteiger partial charge in [0.1, 0.15) is 0 Å². The summed E-state index contributed by atoms with van der Waals surface area (Å²) in [6, 6.07) is 0. The first-order valence-electron chi connectivity index (χ1n) is 12.4. The maximum atomic E-state index is 15.2. The van der Waals surface area contributed by atoms with Gasteiger partial charge in [0.25, 0.3) is 0 Å². The first-order valence-corrected chi connectivity index (χ1v) is 12.4. The fourth-order valence-corrected chi connectivity index (χ4v) is 5.08. The zero-order chi connectivity index (χ0) is 38.9. The van der Waals surface area contributed by atoms with E-state index < -0.39 is 160 Å². The number of carboxylic acid groups (broad SMARTS) is 6. The van der Waals surface area contributed by atoms with E-state index in [-0.39, 0.29) is 0 Å². The van der Waals surface area contributed by atoms with E-state index >= 15 is 8.78 Å². The second-order valence-corrected chi connectivity index (χ2v) is 9.52. The molecule has 23 heteroatoms. The summed E-state index contributed by atoms with van der Waals surface area (Å²) >= 11 is 0.